The maximum atomic E-state index is 11.8. The minimum absolute atomic E-state index is 0. The van der Waals surface area contributed by atoms with E-state index in [2.05, 4.69) is 0 Å². The Hall–Kier alpha value is -0.320. The van der Waals surface area contributed by atoms with Crippen molar-refractivity contribution in [2.24, 2.45) is 11.7 Å². The van der Waals surface area contributed by atoms with Gasteiger partial charge in [0, 0.05) is 19.7 Å². The van der Waals surface area contributed by atoms with Gasteiger partial charge in [0.15, 0.2) is 0 Å². The molecule has 0 radical (unpaired) electrons. The zero-order valence-electron chi connectivity index (χ0n) is 9.44. The fraction of sp³-hybridized carbons (Fsp3) is 0.900. The summed E-state index contributed by atoms with van der Waals surface area (Å²) in [6.45, 7) is 6.78. The van der Waals surface area contributed by atoms with Crippen molar-refractivity contribution >= 4 is 18.3 Å². The Labute approximate surface area is 97.5 Å². The van der Waals surface area contributed by atoms with Crippen LogP contribution in [0.3, 0.4) is 0 Å². The lowest BCUT2D eigenvalue weighted by molar-refractivity contribution is -0.133. The third-order valence-electron chi connectivity index (χ3n) is 2.54. The Balaban J connectivity index is 0.00000196. The molecule has 0 bridgehead atoms. The van der Waals surface area contributed by atoms with Crippen LogP contribution in [0.25, 0.3) is 0 Å². The van der Waals surface area contributed by atoms with Crippen molar-refractivity contribution in [2.75, 3.05) is 26.3 Å². The van der Waals surface area contributed by atoms with E-state index in [-0.39, 0.29) is 30.3 Å². The van der Waals surface area contributed by atoms with E-state index in [4.69, 9.17) is 10.5 Å². The van der Waals surface area contributed by atoms with Crippen LogP contribution in [0.2, 0.25) is 0 Å². The highest BCUT2D eigenvalue weighted by molar-refractivity contribution is 5.85. The summed E-state index contributed by atoms with van der Waals surface area (Å²) in [7, 11) is 0. The standard InChI is InChI=1S/C10H20N2O2.ClH/c1-8(2)9(11)10(13)12-4-3-6-14-7-5-12;/h8-9H,3-7,11H2,1-2H3;1H/t9-;/m0./s1. The Morgan fingerprint density at radius 1 is 1.33 bits per heavy atom. The molecule has 0 aromatic carbocycles. The number of nitrogens with zero attached hydrogens (tertiary/aromatic N) is 1. The minimum Gasteiger partial charge on any atom is -0.380 e. The average molecular weight is 237 g/mol. The van der Waals surface area contributed by atoms with Gasteiger partial charge in [0.1, 0.15) is 0 Å². The number of rotatable bonds is 2. The van der Waals surface area contributed by atoms with Crippen LogP contribution in [0.15, 0.2) is 0 Å². The SMILES string of the molecule is CC(C)[C@H](N)C(=O)N1CCCOCC1.Cl. The Morgan fingerprint density at radius 3 is 2.60 bits per heavy atom. The van der Waals surface area contributed by atoms with Crippen LogP contribution >= 0.6 is 12.4 Å². The van der Waals surface area contributed by atoms with Gasteiger partial charge in [0.2, 0.25) is 5.91 Å². The lowest BCUT2D eigenvalue weighted by Crippen LogP contribution is -2.47. The highest BCUT2D eigenvalue weighted by Crippen LogP contribution is 2.06. The molecule has 1 amide bonds. The van der Waals surface area contributed by atoms with E-state index in [1.807, 2.05) is 18.7 Å². The molecule has 1 aliphatic heterocycles. The number of amides is 1. The van der Waals surface area contributed by atoms with Gasteiger partial charge < -0.3 is 15.4 Å². The molecule has 1 atom stereocenters. The summed E-state index contributed by atoms with van der Waals surface area (Å²) in [4.78, 5) is 13.7. The second-order valence-electron chi connectivity index (χ2n) is 4.06. The first-order valence-corrected chi connectivity index (χ1v) is 5.25. The zero-order valence-corrected chi connectivity index (χ0v) is 10.3. The summed E-state index contributed by atoms with van der Waals surface area (Å²) in [6.07, 6.45) is 0.913. The van der Waals surface area contributed by atoms with Gasteiger partial charge >= 0.3 is 0 Å². The number of carbonyl (C=O) groups is 1. The number of carbonyl (C=O) groups excluding carboxylic acids is 1. The minimum atomic E-state index is -0.368. The van der Waals surface area contributed by atoms with Gasteiger partial charge in [0.05, 0.1) is 12.6 Å². The summed E-state index contributed by atoms with van der Waals surface area (Å²) in [5.41, 5.74) is 5.81. The first kappa shape index (κ1) is 14.7. The molecule has 0 unspecified atom stereocenters. The van der Waals surface area contributed by atoms with E-state index in [0.717, 1.165) is 19.6 Å². The summed E-state index contributed by atoms with van der Waals surface area (Å²) < 4.78 is 5.28. The van der Waals surface area contributed by atoms with Crippen LogP contribution in [-0.4, -0.2) is 43.2 Å². The number of hydrogen-bond donors (Lipinski definition) is 1. The molecule has 1 fully saturated rings. The topological polar surface area (TPSA) is 55.6 Å². The van der Waals surface area contributed by atoms with Gasteiger partial charge in [0.25, 0.3) is 0 Å². The molecule has 0 aromatic heterocycles. The fourth-order valence-electron chi connectivity index (χ4n) is 1.46. The van der Waals surface area contributed by atoms with Gasteiger partial charge in [-0.1, -0.05) is 13.8 Å². The van der Waals surface area contributed by atoms with E-state index in [9.17, 15) is 4.79 Å². The molecule has 0 saturated carbocycles. The highest BCUT2D eigenvalue weighted by Gasteiger charge is 2.23. The van der Waals surface area contributed by atoms with Crippen molar-refractivity contribution in [3.05, 3.63) is 0 Å². The second-order valence-corrected chi connectivity index (χ2v) is 4.06. The molecule has 15 heavy (non-hydrogen) atoms. The summed E-state index contributed by atoms with van der Waals surface area (Å²) in [5, 5.41) is 0. The fourth-order valence-corrected chi connectivity index (χ4v) is 1.46. The average Bonchev–Trinajstić information content (AvgIpc) is 2.43. The van der Waals surface area contributed by atoms with Gasteiger partial charge in [-0.05, 0) is 12.3 Å². The van der Waals surface area contributed by atoms with Crippen LogP contribution in [0, 0.1) is 5.92 Å². The number of nitrogens with two attached hydrogens (primary N) is 1. The van der Waals surface area contributed by atoms with Crippen LogP contribution in [0.5, 0.6) is 0 Å². The van der Waals surface area contributed by atoms with Crippen molar-refractivity contribution in [1.82, 2.24) is 4.90 Å². The van der Waals surface area contributed by atoms with Crippen molar-refractivity contribution in [3.63, 3.8) is 0 Å². The van der Waals surface area contributed by atoms with Crippen LogP contribution in [0.1, 0.15) is 20.3 Å². The molecule has 0 spiro atoms. The van der Waals surface area contributed by atoms with Crippen LogP contribution in [-0.2, 0) is 9.53 Å². The maximum absolute atomic E-state index is 11.8. The predicted molar refractivity (Wildman–Crippen MR) is 62.1 cm³/mol. The summed E-state index contributed by atoms with van der Waals surface area (Å²) in [6, 6.07) is -0.368. The van der Waals surface area contributed by atoms with E-state index in [1.165, 1.54) is 0 Å². The molecule has 1 aliphatic rings. The quantitative estimate of drug-likeness (QED) is 0.766. The first-order chi connectivity index (χ1) is 6.63. The predicted octanol–water partition coefficient (Wildman–Crippen LogP) is 0.640. The largest absolute Gasteiger partial charge is 0.380 e. The number of ether oxygens (including phenoxy) is 1. The van der Waals surface area contributed by atoms with E-state index >= 15 is 0 Å². The van der Waals surface area contributed by atoms with Gasteiger partial charge in [-0.3, -0.25) is 4.79 Å². The van der Waals surface area contributed by atoms with Crippen molar-refractivity contribution < 1.29 is 9.53 Å². The van der Waals surface area contributed by atoms with Gasteiger partial charge in [-0.25, -0.2) is 0 Å². The smallest absolute Gasteiger partial charge is 0.239 e. The van der Waals surface area contributed by atoms with Crippen molar-refractivity contribution in [1.29, 1.82) is 0 Å². The van der Waals surface area contributed by atoms with E-state index in [1.54, 1.807) is 0 Å². The van der Waals surface area contributed by atoms with E-state index < -0.39 is 0 Å². The summed E-state index contributed by atoms with van der Waals surface area (Å²) in [5.74, 6) is 0.261. The molecule has 2 N–H and O–H groups in total. The van der Waals surface area contributed by atoms with Crippen molar-refractivity contribution in [3.8, 4) is 0 Å². The Bertz CT molecular complexity index is 192. The normalized spacial score (nSPS) is 19.3. The highest BCUT2D eigenvalue weighted by atomic mass is 35.5. The molecule has 4 nitrogen and oxygen atoms in total. The lowest BCUT2D eigenvalue weighted by Gasteiger charge is -2.25. The van der Waals surface area contributed by atoms with Crippen LogP contribution in [0.4, 0.5) is 0 Å². The molecular formula is C10H21ClN2O2. The molecule has 1 saturated heterocycles. The van der Waals surface area contributed by atoms with Gasteiger partial charge in [-0.15, -0.1) is 12.4 Å². The number of halogens is 1. The molecule has 0 aliphatic carbocycles. The third kappa shape index (κ3) is 4.36. The maximum Gasteiger partial charge on any atom is 0.239 e. The van der Waals surface area contributed by atoms with Crippen LogP contribution < -0.4 is 5.73 Å². The number of hydrogen-bond acceptors (Lipinski definition) is 3. The summed E-state index contributed by atoms with van der Waals surface area (Å²) >= 11 is 0. The molecule has 90 valence electrons. The van der Waals surface area contributed by atoms with E-state index in [0.29, 0.717) is 13.2 Å². The van der Waals surface area contributed by atoms with Gasteiger partial charge in [-0.2, -0.15) is 0 Å². The van der Waals surface area contributed by atoms with Crippen molar-refractivity contribution in [2.45, 2.75) is 26.3 Å². The lowest BCUT2D eigenvalue weighted by atomic mass is 10.0. The molecule has 1 rings (SSSR count). The zero-order chi connectivity index (χ0) is 10.6. The molecule has 1 heterocycles. The first-order valence-electron chi connectivity index (χ1n) is 5.25. The molecule has 0 aromatic rings. The molecular weight excluding hydrogens is 216 g/mol. The second kappa shape index (κ2) is 7.04. The molecule has 5 heteroatoms. The monoisotopic (exact) mass is 236 g/mol. The Morgan fingerprint density at radius 2 is 2.00 bits per heavy atom. The Kier molecular flexibility index (Phi) is 6.89. The third-order valence-corrected chi connectivity index (χ3v) is 2.54.